The van der Waals surface area contributed by atoms with Gasteiger partial charge in [0.15, 0.2) is 6.61 Å². The summed E-state index contributed by atoms with van der Waals surface area (Å²) in [7, 11) is 0. The van der Waals surface area contributed by atoms with Gasteiger partial charge in [-0.3, -0.25) is 0 Å². The Labute approximate surface area is 63.3 Å². The van der Waals surface area contributed by atoms with E-state index in [9.17, 15) is 13.6 Å². The van der Waals surface area contributed by atoms with E-state index in [4.69, 9.17) is 0 Å². The lowest BCUT2D eigenvalue weighted by atomic mass is 10.5. The van der Waals surface area contributed by atoms with Gasteiger partial charge >= 0.3 is 6.16 Å². The minimum atomic E-state index is -2.64. The topological polar surface area (TPSA) is 35.5 Å². The minimum Gasteiger partial charge on any atom is -0.432 e. The SMILES string of the molecule is CC(C)OC(=O)OCC(F)F. The molecule has 0 radical (unpaired) electrons. The number of hydrogen-bond acceptors (Lipinski definition) is 3. The summed E-state index contributed by atoms with van der Waals surface area (Å²) < 4.78 is 31.2. The van der Waals surface area contributed by atoms with Crippen molar-refractivity contribution in [3.05, 3.63) is 0 Å². The molecule has 0 amide bonds. The lowest BCUT2D eigenvalue weighted by Crippen LogP contribution is -2.16. The maximum absolute atomic E-state index is 11.4. The van der Waals surface area contributed by atoms with Gasteiger partial charge in [0.05, 0.1) is 6.10 Å². The van der Waals surface area contributed by atoms with Gasteiger partial charge in [-0.2, -0.15) is 0 Å². The Hall–Kier alpha value is -0.870. The molecular formula is C6H10F2O3. The van der Waals surface area contributed by atoms with E-state index >= 15 is 0 Å². The molecule has 0 aliphatic carbocycles. The molecule has 0 fully saturated rings. The molecule has 5 heteroatoms. The molecule has 0 heterocycles. The molecule has 0 saturated carbocycles. The third kappa shape index (κ3) is 7.02. The average Bonchev–Trinajstić information content (AvgIpc) is 1.82. The Kier molecular flexibility index (Phi) is 4.49. The van der Waals surface area contributed by atoms with Gasteiger partial charge in [-0.05, 0) is 13.8 Å². The van der Waals surface area contributed by atoms with Crippen LogP contribution in [0.2, 0.25) is 0 Å². The first-order valence-corrected chi connectivity index (χ1v) is 3.14. The maximum atomic E-state index is 11.4. The number of halogens is 2. The zero-order chi connectivity index (χ0) is 8.85. The van der Waals surface area contributed by atoms with E-state index in [0.29, 0.717) is 0 Å². The van der Waals surface area contributed by atoms with Crippen molar-refractivity contribution >= 4 is 6.16 Å². The summed E-state index contributed by atoms with van der Waals surface area (Å²) in [6.07, 6.45) is -4.05. The van der Waals surface area contributed by atoms with Crippen molar-refractivity contribution in [3.8, 4) is 0 Å². The number of alkyl halides is 2. The predicted molar refractivity (Wildman–Crippen MR) is 33.6 cm³/mol. The van der Waals surface area contributed by atoms with E-state index in [-0.39, 0.29) is 6.10 Å². The van der Waals surface area contributed by atoms with E-state index in [1.165, 1.54) is 0 Å². The first-order chi connectivity index (χ1) is 5.02. The highest BCUT2D eigenvalue weighted by molar-refractivity contribution is 5.59. The monoisotopic (exact) mass is 168 g/mol. The molecule has 0 atom stereocenters. The number of ether oxygens (including phenoxy) is 2. The normalized spacial score (nSPS) is 10.4. The highest BCUT2D eigenvalue weighted by atomic mass is 19.3. The van der Waals surface area contributed by atoms with Crippen molar-refractivity contribution in [3.63, 3.8) is 0 Å². The lowest BCUT2D eigenvalue weighted by molar-refractivity contribution is -0.00419. The summed E-state index contributed by atoms with van der Waals surface area (Å²) in [5.74, 6) is 0. The van der Waals surface area contributed by atoms with Gasteiger partial charge in [-0.15, -0.1) is 0 Å². The predicted octanol–water partition coefficient (Wildman–Crippen LogP) is 1.81. The maximum Gasteiger partial charge on any atom is 0.508 e. The molecule has 0 aromatic heterocycles. The average molecular weight is 168 g/mol. The first kappa shape index (κ1) is 10.1. The van der Waals surface area contributed by atoms with Crippen LogP contribution in [0.3, 0.4) is 0 Å². The van der Waals surface area contributed by atoms with Gasteiger partial charge in [0.1, 0.15) is 0 Å². The first-order valence-electron chi connectivity index (χ1n) is 3.14. The Morgan fingerprint density at radius 3 is 2.36 bits per heavy atom. The molecule has 0 aliphatic heterocycles. The quantitative estimate of drug-likeness (QED) is 0.603. The highest BCUT2D eigenvalue weighted by Crippen LogP contribution is 1.96. The molecule has 0 aromatic rings. The molecule has 0 N–H and O–H groups in total. The fourth-order valence-electron chi connectivity index (χ4n) is 0.358. The molecule has 0 spiro atoms. The molecule has 0 saturated heterocycles. The third-order valence-electron chi connectivity index (χ3n) is 0.659. The smallest absolute Gasteiger partial charge is 0.432 e. The summed E-state index contributed by atoms with van der Waals surface area (Å²) in [5, 5.41) is 0. The molecule has 3 nitrogen and oxygen atoms in total. The zero-order valence-electron chi connectivity index (χ0n) is 6.34. The zero-order valence-corrected chi connectivity index (χ0v) is 6.34. The second-order valence-corrected chi connectivity index (χ2v) is 2.12. The van der Waals surface area contributed by atoms with Crippen LogP contribution in [-0.4, -0.2) is 25.3 Å². The fourth-order valence-corrected chi connectivity index (χ4v) is 0.358. The van der Waals surface area contributed by atoms with Crippen LogP contribution in [0.15, 0.2) is 0 Å². The summed E-state index contributed by atoms with van der Waals surface area (Å²) in [5.41, 5.74) is 0. The molecule has 0 aromatic carbocycles. The van der Waals surface area contributed by atoms with Crippen molar-refractivity contribution in [1.82, 2.24) is 0 Å². The second kappa shape index (κ2) is 4.87. The van der Waals surface area contributed by atoms with Crippen molar-refractivity contribution in [2.24, 2.45) is 0 Å². The highest BCUT2D eigenvalue weighted by Gasteiger charge is 2.10. The molecule has 0 bridgehead atoms. The molecular weight excluding hydrogens is 158 g/mol. The van der Waals surface area contributed by atoms with Gasteiger partial charge in [0.2, 0.25) is 0 Å². The Morgan fingerprint density at radius 2 is 2.00 bits per heavy atom. The molecule has 0 unspecified atom stereocenters. The number of hydrogen-bond donors (Lipinski definition) is 0. The van der Waals surface area contributed by atoms with E-state index in [0.717, 1.165) is 0 Å². The van der Waals surface area contributed by atoms with E-state index in [2.05, 4.69) is 9.47 Å². The molecule has 0 aliphatic rings. The summed E-state index contributed by atoms with van der Waals surface area (Å²) >= 11 is 0. The van der Waals surface area contributed by atoms with E-state index in [1.54, 1.807) is 13.8 Å². The Balaban J connectivity index is 3.38. The standard InChI is InChI=1S/C6H10F2O3/c1-4(2)11-6(9)10-3-5(7)8/h4-5H,3H2,1-2H3. The van der Waals surface area contributed by atoms with Crippen LogP contribution in [0.5, 0.6) is 0 Å². The summed E-state index contributed by atoms with van der Waals surface area (Å²) in [4.78, 5) is 10.4. The molecule has 11 heavy (non-hydrogen) atoms. The lowest BCUT2D eigenvalue weighted by Gasteiger charge is -2.07. The van der Waals surface area contributed by atoms with Crippen LogP contribution in [0.25, 0.3) is 0 Å². The van der Waals surface area contributed by atoms with Crippen molar-refractivity contribution in [1.29, 1.82) is 0 Å². The van der Waals surface area contributed by atoms with Gasteiger partial charge in [0.25, 0.3) is 6.43 Å². The molecule has 66 valence electrons. The van der Waals surface area contributed by atoms with E-state index in [1.807, 2.05) is 0 Å². The Bertz CT molecular complexity index is 125. The number of rotatable bonds is 3. The van der Waals surface area contributed by atoms with Crippen LogP contribution in [0.1, 0.15) is 13.8 Å². The largest absolute Gasteiger partial charge is 0.508 e. The summed E-state index contributed by atoms with van der Waals surface area (Å²) in [6.45, 7) is 2.29. The van der Waals surface area contributed by atoms with E-state index < -0.39 is 19.2 Å². The van der Waals surface area contributed by atoms with Gasteiger partial charge in [-0.25, -0.2) is 13.6 Å². The van der Waals surface area contributed by atoms with Gasteiger partial charge < -0.3 is 9.47 Å². The van der Waals surface area contributed by atoms with Crippen LogP contribution >= 0.6 is 0 Å². The molecule has 0 rings (SSSR count). The van der Waals surface area contributed by atoms with Crippen molar-refractivity contribution in [2.75, 3.05) is 6.61 Å². The van der Waals surface area contributed by atoms with Crippen LogP contribution in [0.4, 0.5) is 13.6 Å². The van der Waals surface area contributed by atoms with Crippen LogP contribution in [-0.2, 0) is 9.47 Å². The van der Waals surface area contributed by atoms with Crippen LogP contribution in [0, 0.1) is 0 Å². The van der Waals surface area contributed by atoms with Crippen LogP contribution < -0.4 is 0 Å². The fraction of sp³-hybridized carbons (Fsp3) is 0.833. The van der Waals surface area contributed by atoms with Gasteiger partial charge in [-0.1, -0.05) is 0 Å². The second-order valence-electron chi connectivity index (χ2n) is 2.12. The number of carbonyl (C=O) groups excluding carboxylic acids is 1. The Morgan fingerprint density at radius 1 is 1.45 bits per heavy atom. The van der Waals surface area contributed by atoms with Crippen molar-refractivity contribution in [2.45, 2.75) is 26.4 Å². The minimum absolute atomic E-state index is 0.347. The third-order valence-corrected chi connectivity index (χ3v) is 0.659. The number of carbonyl (C=O) groups is 1. The van der Waals surface area contributed by atoms with Gasteiger partial charge in [0, 0.05) is 0 Å². The summed E-state index contributed by atoms with van der Waals surface area (Å²) in [6, 6.07) is 0. The van der Waals surface area contributed by atoms with Crippen molar-refractivity contribution < 1.29 is 23.0 Å².